The van der Waals surface area contributed by atoms with Gasteiger partial charge in [0, 0.05) is 0 Å². The zero-order valence-corrected chi connectivity index (χ0v) is 9.65. The molecular formula is C12H9N3OS. The summed E-state index contributed by atoms with van der Waals surface area (Å²) in [6, 6.07) is 11.3. The van der Waals surface area contributed by atoms with Gasteiger partial charge in [-0.3, -0.25) is 10.2 Å². The SMILES string of the molecule is O=C1c2sccc2N=CNN1c1ccccc1. The maximum Gasteiger partial charge on any atom is 0.289 e. The van der Waals surface area contributed by atoms with Crippen molar-refractivity contribution in [2.75, 3.05) is 5.01 Å². The molecule has 0 aliphatic carbocycles. The lowest BCUT2D eigenvalue weighted by molar-refractivity contribution is 0.0986. The average Bonchev–Trinajstić information content (AvgIpc) is 2.78. The van der Waals surface area contributed by atoms with Crippen LogP contribution in [0.1, 0.15) is 9.67 Å². The molecule has 84 valence electrons. The molecule has 1 aliphatic heterocycles. The molecule has 5 heteroatoms. The Bertz CT molecular complexity index is 576. The summed E-state index contributed by atoms with van der Waals surface area (Å²) in [5.41, 5.74) is 4.39. The Labute approximate surface area is 102 Å². The van der Waals surface area contributed by atoms with Crippen molar-refractivity contribution >= 4 is 35.0 Å². The van der Waals surface area contributed by atoms with Gasteiger partial charge in [-0.15, -0.1) is 11.3 Å². The first kappa shape index (κ1) is 10.0. The molecule has 1 aromatic carbocycles. The highest BCUT2D eigenvalue weighted by Gasteiger charge is 2.23. The van der Waals surface area contributed by atoms with E-state index < -0.39 is 0 Å². The molecule has 0 bridgehead atoms. The smallest absolute Gasteiger partial charge is 0.280 e. The summed E-state index contributed by atoms with van der Waals surface area (Å²) < 4.78 is 0. The van der Waals surface area contributed by atoms with Gasteiger partial charge >= 0.3 is 0 Å². The summed E-state index contributed by atoms with van der Waals surface area (Å²) in [5.74, 6) is -0.0845. The van der Waals surface area contributed by atoms with Gasteiger partial charge < -0.3 is 0 Å². The van der Waals surface area contributed by atoms with E-state index in [-0.39, 0.29) is 5.91 Å². The summed E-state index contributed by atoms with van der Waals surface area (Å²) in [4.78, 5) is 17.1. The first-order chi connectivity index (χ1) is 8.36. The molecule has 0 fully saturated rings. The van der Waals surface area contributed by atoms with Gasteiger partial charge in [0.15, 0.2) is 0 Å². The fraction of sp³-hybridized carbons (Fsp3) is 0. The number of aliphatic imine (C=N–C) groups is 1. The van der Waals surface area contributed by atoms with Gasteiger partial charge in [0.05, 0.1) is 11.4 Å². The van der Waals surface area contributed by atoms with E-state index in [2.05, 4.69) is 10.4 Å². The van der Waals surface area contributed by atoms with Crippen molar-refractivity contribution in [2.24, 2.45) is 4.99 Å². The van der Waals surface area contributed by atoms with E-state index in [1.807, 2.05) is 41.8 Å². The molecule has 4 nitrogen and oxygen atoms in total. The molecule has 17 heavy (non-hydrogen) atoms. The summed E-state index contributed by atoms with van der Waals surface area (Å²) in [6.45, 7) is 0. The molecule has 2 heterocycles. The van der Waals surface area contributed by atoms with E-state index in [1.165, 1.54) is 22.7 Å². The van der Waals surface area contributed by atoms with Gasteiger partial charge in [0.2, 0.25) is 0 Å². The zero-order valence-electron chi connectivity index (χ0n) is 8.83. The first-order valence-electron chi connectivity index (χ1n) is 5.12. The van der Waals surface area contributed by atoms with Gasteiger partial charge in [0.25, 0.3) is 5.91 Å². The van der Waals surface area contributed by atoms with Crippen LogP contribution in [0.25, 0.3) is 0 Å². The molecule has 1 amide bonds. The van der Waals surface area contributed by atoms with Crippen LogP contribution < -0.4 is 10.4 Å². The molecule has 1 aliphatic rings. The van der Waals surface area contributed by atoms with Gasteiger partial charge in [-0.25, -0.2) is 10.0 Å². The summed E-state index contributed by atoms with van der Waals surface area (Å²) >= 11 is 1.40. The second kappa shape index (κ2) is 4.03. The predicted octanol–water partition coefficient (Wildman–Crippen LogP) is 2.57. The minimum Gasteiger partial charge on any atom is -0.280 e. The topological polar surface area (TPSA) is 44.7 Å². The number of rotatable bonds is 1. The molecule has 0 atom stereocenters. The van der Waals surface area contributed by atoms with Gasteiger partial charge in [0.1, 0.15) is 11.2 Å². The van der Waals surface area contributed by atoms with Crippen molar-refractivity contribution < 1.29 is 4.79 Å². The molecule has 1 N–H and O–H groups in total. The van der Waals surface area contributed by atoms with Crippen molar-refractivity contribution in [3.05, 3.63) is 46.7 Å². The summed E-state index contributed by atoms with van der Waals surface area (Å²) in [7, 11) is 0. The van der Waals surface area contributed by atoms with Crippen molar-refractivity contribution in [1.29, 1.82) is 0 Å². The van der Waals surface area contributed by atoms with Crippen LogP contribution in [0.2, 0.25) is 0 Å². The molecule has 2 aromatic rings. The molecule has 0 saturated heterocycles. The minimum atomic E-state index is -0.0845. The van der Waals surface area contributed by atoms with Crippen molar-refractivity contribution in [3.8, 4) is 0 Å². The summed E-state index contributed by atoms with van der Waals surface area (Å²) in [5, 5.41) is 3.36. The number of nitrogens with zero attached hydrogens (tertiary/aromatic N) is 2. The average molecular weight is 243 g/mol. The van der Waals surface area contributed by atoms with Crippen LogP contribution in [-0.2, 0) is 0 Å². The standard InChI is InChI=1S/C12H9N3OS/c16-12-11-10(6-7-17-11)13-8-14-15(12)9-4-2-1-3-5-9/h1-8H,(H,13,14). The Morgan fingerprint density at radius 1 is 1.18 bits per heavy atom. The van der Waals surface area contributed by atoms with Crippen LogP contribution in [0.15, 0.2) is 46.8 Å². The third kappa shape index (κ3) is 1.70. The van der Waals surface area contributed by atoms with Crippen LogP contribution in [-0.4, -0.2) is 12.2 Å². The second-order valence-corrected chi connectivity index (χ2v) is 4.41. The first-order valence-corrected chi connectivity index (χ1v) is 6.00. The number of hydrazine groups is 1. The monoisotopic (exact) mass is 243 g/mol. The van der Waals surface area contributed by atoms with E-state index in [4.69, 9.17) is 0 Å². The van der Waals surface area contributed by atoms with E-state index in [0.717, 1.165) is 5.69 Å². The second-order valence-electron chi connectivity index (χ2n) is 3.50. The van der Waals surface area contributed by atoms with Crippen molar-refractivity contribution in [1.82, 2.24) is 5.43 Å². The Morgan fingerprint density at radius 3 is 2.82 bits per heavy atom. The highest BCUT2D eigenvalue weighted by atomic mass is 32.1. The molecule has 3 rings (SSSR count). The minimum absolute atomic E-state index is 0.0845. The van der Waals surface area contributed by atoms with Crippen molar-refractivity contribution in [2.45, 2.75) is 0 Å². The lowest BCUT2D eigenvalue weighted by Crippen LogP contribution is -2.41. The largest absolute Gasteiger partial charge is 0.289 e. The molecule has 0 saturated carbocycles. The van der Waals surface area contributed by atoms with Crippen LogP contribution in [0.4, 0.5) is 11.4 Å². The molecule has 0 unspecified atom stereocenters. The van der Waals surface area contributed by atoms with Crippen molar-refractivity contribution in [3.63, 3.8) is 0 Å². The number of amides is 1. The number of hydrogen-bond acceptors (Lipinski definition) is 4. The zero-order chi connectivity index (χ0) is 11.7. The van der Waals surface area contributed by atoms with Crippen LogP contribution in [0, 0.1) is 0 Å². The summed E-state index contributed by atoms with van der Waals surface area (Å²) in [6.07, 6.45) is 1.53. The Morgan fingerprint density at radius 2 is 2.00 bits per heavy atom. The molecular weight excluding hydrogens is 234 g/mol. The third-order valence-corrected chi connectivity index (χ3v) is 3.34. The number of nitrogens with one attached hydrogen (secondary N) is 1. The normalized spacial score (nSPS) is 14.1. The number of thiophene rings is 1. The van der Waals surface area contributed by atoms with E-state index in [1.54, 1.807) is 0 Å². The Balaban J connectivity index is 2.04. The number of anilines is 1. The maximum atomic E-state index is 12.3. The van der Waals surface area contributed by atoms with Gasteiger partial charge in [-0.05, 0) is 23.6 Å². The van der Waals surface area contributed by atoms with Crippen LogP contribution in [0.3, 0.4) is 0 Å². The molecule has 0 radical (unpaired) electrons. The quantitative estimate of drug-likeness (QED) is 0.836. The Hall–Kier alpha value is -2.14. The maximum absolute atomic E-state index is 12.3. The van der Waals surface area contributed by atoms with E-state index >= 15 is 0 Å². The number of carbonyl (C=O) groups excluding carboxylic acids is 1. The van der Waals surface area contributed by atoms with Gasteiger partial charge in [-0.2, -0.15) is 0 Å². The predicted molar refractivity (Wildman–Crippen MR) is 68.9 cm³/mol. The number of fused-ring (bicyclic) bond motifs is 1. The number of hydrogen-bond donors (Lipinski definition) is 1. The molecule has 0 spiro atoms. The van der Waals surface area contributed by atoms with E-state index in [0.29, 0.717) is 10.6 Å². The Kier molecular flexibility index (Phi) is 2.38. The van der Waals surface area contributed by atoms with Gasteiger partial charge in [-0.1, -0.05) is 18.2 Å². The molecule has 1 aromatic heterocycles. The number of benzene rings is 1. The lowest BCUT2D eigenvalue weighted by Gasteiger charge is -2.19. The third-order valence-electron chi connectivity index (χ3n) is 2.45. The fourth-order valence-electron chi connectivity index (χ4n) is 1.65. The van der Waals surface area contributed by atoms with Crippen LogP contribution >= 0.6 is 11.3 Å². The highest BCUT2D eigenvalue weighted by molar-refractivity contribution is 7.12. The fourth-order valence-corrected chi connectivity index (χ4v) is 2.42. The lowest BCUT2D eigenvalue weighted by atomic mass is 10.3. The highest BCUT2D eigenvalue weighted by Crippen LogP contribution is 2.28. The van der Waals surface area contributed by atoms with Crippen LogP contribution in [0.5, 0.6) is 0 Å². The van der Waals surface area contributed by atoms with E-state index in [9.17, 15) is 4.79 Å². The number of carbonyl (C=O) groups is 1. The number of para-hydroxylation sites is 1.